The molecule has 0 aliphatic heterocycles. The summed E-state index contributed by atoms with van der Waals surface area (Å²) < 4.78 is 7.34. The van der Waals surface area contributed by atoms with Gasteiger partial charge in [0.2, 0.25) is 4.96 Å². The Morgan fingerprint density at radius 2 is 1.93 bits per heavy atom. The molecule has 29 heavy (non-hydrogen) atoms. The number of ether oxygens (including phenoxy) is 1. The maximum absolute atomic E-state index is 12.3. The average Bonchev–Trinajstić information content (AvgIpc) is 3.33. The van der Waals surface area contributed by atoms with Crippen LogP contribution in [0.15, 0.2) is 48.5 Å². The summed E-state index contributed by atoms with van der Waals surface area (Å²) in [5.74, 6) is 1.29. The van der Waals surface area contributed by atoms with Gasteiger partial charge in [-0.05, 0) is 36.2 Å². The summed E-state index contributed by atoms with van der Waals surface area (Å²) in [6.45, 7) is 4.07. The van der Waals surface area contributed by atoms with Gasteiger partial charge in [0.25, 0.3) is 5.91 Å². The topological polar surface area (TPSA) is 81.4 Å². The predicted molar refractivity (Wildman–Crippen MR) is 113 cm³/mol. The lowest BCUT2D eigenvalue weighted by Gasteiger charge is -2.08. The zero-order valence-corrected chi connectivity index (χ0v) is 17.1. The second-order valence-corrected chi connectivity index (χ2v) is 7.44. The fourth-order valence-electron chi connectivity index (χ4n) is 2.89. The first-order chi connectivity index (χ1) is 14.2. The first-order valence-electron chi connectivity index (χ1n) is 9.49. The molecule has 4 rings (SSSR count). The molecule has 8 heteroatoms. The van der Waals surface area contributed by atoms with E-state index in [1.807, 2.05) is 55.5 Å². The van der Waals surface area contributed by atoms with Gasteiger partial charge in [-0.25, -0.2) is 0 Å². The summed E-state index contributed by atoms with van der Waals surface area (Å²) >= 11 is 1.47. The smallest absolute Gasteiger partial charge is 0.262 e. The van der Waals surface area contributed by atoms with Gasteiger partial charge in [-0.1, -0.05) is 49.4 Å². The van der Waals surface area contributed by atoms with Crippen LogP contribution in [0.1, 0.15) is 25.2 Å². The minimum Gasteiger partial charge on any atom is -0.484 e. The zero-order chi connectivity index (χ0) is 20.2. The van der Waals surface area contributed by atoms with Crippen LogP contribution in [0.4, 0.5) is 5.69 Å². The molecule has 2 heterocycles. The molecule has 2 aromatic carbocycles. The Morgan fingerprint density at radius 1 is 1.10 bits per heavy atom. The number of anilines is 1. The van der Waals surface area contributed by atoms with Crippen LogP contribution in [0.2, 0.25) is 0 Å². The maximum Gasteiger partial charge on any atom is 0.262 e. The van der Waals surface area contributed by atoms with E-state index in [0.29, 0.717) is 11.4 Å². The van der Waals surface area contributed by atoms with Gasteiger partial charge in [0.15, 0.2) is 12.4 Å². The van der Waals surface area contributed by atoms with Crippen molar-refractivity contribution in [3.8, 4) is 16.3 Å². The third-order valence-corrected chi connectivity index (χ3v) is 5.41. The van der Waals surface area contributed by atoms with E-state index >= 15 is 0 Å². The molecule has 0 aliphatic rings. The first kappa shape index (κ1) is 19.1. The second-order valence-electron chi connectivity index (χ2n) is 6.49. The highest BCUT2D eigenvalue weighted by atomic mass is 32.1. The molecule has 0 atom stereocenters. The first-order valence-corrected chi connectivity index (χ1v) is 10.3. The molecule has 0 saturated heterocycles. The van der Waals surface area contributed by atoms with Gasteiger partial charge in [0.05, 0.1) is 0 Å². The van der Waals surface area contributed by atoms with E-state index in [1.54, 1.807) is 4.52 Å². The van der Waals surface area contributed by atoms with Crippen molar-refractivity contribution < 1.29 is 9.53 Å². The third-order valence-electron chi connectivity index (χ3n) is 4.47. The number of hydrogen-bond acceptors (Lipinski definition) is 6. The maximum atomic E-state index is 12.3. The van der Waals surface area contributed by atoms with Crippen molar-refractivity contribution >= 4 is 27.9 Å². The highest BCUT2D eigenvalue weighted by Gasteiger charge is 2.12. The number of aromatic nitrogens is 4. The monoisotopic (exact) mass is 407 g/mol. The van der Waals surface area contributed by atoms with Gasteiger partial charge in [-0.3, -0.25) is 4.79 Å². The van der Waals surface area contributed by atoms with E-state index < -0.39 is 0 Å². The lowest BCUT2D eigenvalue weighted by Crippen LogP contribution is -2.20. The van der Waals surface area contributed by atoms with E-state index in [9.17, 15) is 4.79 Å². The molecular weight excluding hydrogens is 386 g/mol. The molecule has 0 bridgehead atoms. The van der Waals surface area contributed by atoms with Gasteiger partial charge in [0, 0.05) is 17.7 Å². The number of aryl methyl sites for hydroxylation is 2. The Bertz CT molecular complexity index is 1130. The fourth-order valence-corrected chi connectivity index (χ4v) is 3.75. The predicted octanol–water partition coefficient (Wildman–Crippen LogP) is 4.00. The number of amides is 1. The van der Waals surface area contributed by atoms with Crippen LogP contribution in [-0.4, -0.2) is 32.3 Å². The molecule has 7 nitrogen and oxygen atoms in total. The number of benzene rings is 2. The summed E-state index contributed by atoms with van der Waals surface area (Å²) in [4.78, 5) is 13.0. The van der Waals surface area contributed by atoms with Crippen molar-refractivity contribution in [2.45, 2.75) is 26.7 Å². The van der Waals surface area contributed by atoms with Crippen molar-refractivity contribution in [3.63, 3.8) is 0 Å². The molecule has 0 radical (unpaired) electrons. The van der Waals surface area contributed by atoms with Crippen LogP contribution < -0.4 is 10.1 Å². The average molecular weight is 407 g/mol. The summed E-state index contributed by atoms with van der Waals surface area (Å²) in [5.41, 5.74) is 2.84. The molecule has 0 unspecified atom stereocenters. The summed E-state index contributed by atoms with van der Waals surface area (Å²) in [7, 11) is 0. The largest absolute Gasteiger partial charge is 0.484 e. The van der Waals surface area contributed by atoms with Gasteiger partial charge in [-0.15, -0.1) is 10.2 Å². The van der Waals surface area contributed by atoms with E-state index in [2.05, 4.69) is 27.5 Å². The van der Waals surface area contributed by atoms with E-state index in [1.165, 1.54) is 16.9 Å². The van der Waals surface area contributed by atoms with Crippen molar-refractivity contribution in [3.05, 3.63) is 59.9 Å². The normalized spacial score (nSPS) is 11.0. The van der Waals surface area contributed by atoms with E-state index in [0.717, 1.165) is 34.2 Å². The minimum atomic E-state index is -0.215. The zero-order valence-electron chi connectivity index (χ0n) is 16.3. The van der Waals surface area contributed by atoms with Crippen molar-refractivity contribution in [1.82, 2.24) is 19.8 Å². The number of hydrogen-bond donors (Lipinski definition) is 1. The number of fused-ring (bicyclic) bond motifs is 1. The molecule has 1 amide bonds. The minimum absolute atomic E-state index is 0.0493. The second kappa shape index (κ2) is 8.40. The Kier molecular flexibility index (Phi) is 5.53. The Balaban J connectivity index is 1.42. The Labute approximate surface area is 172 Å². The Morgan fingerprint density at radius 3 is 2.69 bits per heavy atom. The number of rotatable bonds is 7. The lowest BCUT2D eigenvalue weighted by molar-refractivity contribution is -0.118. The molecule has 0 saturated carbocycles. The molecule has 2 aromatic heterocycles. The van der Waals surface area contributed by atoms with Gasteiger partial charge < -0.3 is 10.1 Å². The lowest BCUT2D eigenvalue weighted by atomic mass is 10.2. The highest BCUT2D eigenvalue weighted by Crippen LogP contribution is 2.27. The molecule has 148 valence electrons. The molecule has 0 fully saturated rings. The number of carbonyl (C=O) groups is 1. The van der Waals surface area contributed by atoms with Crippen molar-refractivity contribution in [2.75, 3.05) is 11.9 Å². The number of nitrogens with one attached hydrogen (secondary N) is 1. The summed E-state index contributed by atoms with van der Waals surface area (Å²) in [5, 5.41) is 16.6. The van der Waals surface area contributed by atoms with E-state index in [-0.39, 0.29) is 12.5 Å². The molecular formula is C21H21N5O2S. The van der Waals surface area contributed by atoms with Crippen LogP contribution >= 0.6 is 11.3 Å². The van der Waals surface area contributed by atoms with Crippen molar-refractivity contribution in [1.29, 1.82) is 0 Å². The standard InChI is InChI=1S/C21H21N5O2S/c1-3-14-8-10-17(11-9-14)28-13-19(27)22-16-7-5-6-15(12-16)20-25-26-18(4-2)23-24-21(26)29-20/h5-12H,3-4,13H2,1-2H3,(H,22,27). The molecule has 4 aromatic rings. The summed E-state index contributed by atoms with van der Waals surface area (Å²) in [6.07, 6.45) is 1.74. The Hall–Kier alpha value is -3.26. The van der Waals surface area contributed by atoms with Crippen LogP contribution in [0.3, 0.4) is 0 Å². The number of carbonyl (C=O) groups excluding carboxylic acids is 1. The third kappa shape index (κ3) is 4.27. The molecule has 0 aliphatic carbocycles. The molecule has 0 spiro atoms. The van der Waals surface area contributed by atoms with Crippen LogP contribution in [0, 0.1) is 0 Å². The quantitative estimate of drug-likeness (QED) is 0.501. The van der Waals surface area contributed by atoms with Gasteiger partial charge in [-0.2, -0.15) is 9.61 Å². The van der Waals surface area contributed by atoms with E-state index in [4.69, 9.17) is 4.74 Å². The van der Waals surface area contributed by atoms with Crippen LogP contribution in [-0.2, 0) is 17.6 Å². The van der Waals surface area contributed by atoms with Gasteiger partial charge in [0.1, 0.15) is 10.8 Å². The SMILES string of the molecule is CCc1ccc(OCC(=O)Nc2cccc(-c3nn4c(CC)nnc4s3)c2)cc1. The van der Waals surface area contributed by atoms with Crippen molar-refractivity contribution in [2.24, 2.45) is 0 Å². The summed E-state index contributed by atoms with van der Waals surface area (Å²) in [6, 6.07) is 15.3. The number of nitrogens with zero attached hydrogens (tertiary/aromatic N) is 4. The molecule has 1 N–H and O–H groups in total. The highest BCUT2D eigenvalue weighted by molar-refractivity contribution is 7.19. The fraction of sp³-hybridized carbons (Fsp3) is 0.238. The van der Waals surface area contributed by atoms with Gasteiger partial charge >= 0.3 is 0 Å². The van der Waals surface area contributed by atoms with Crippen LogP contribution in [0.25, 0.3) is 15.5 Å². The van der Waals surface area contributed by atoms with Crippen LogP contribution in [0.5, 0.6) is 5.75 Å².